The molecule has 1 fully saturated rings. The van der Waals surface area contributed by atoms with E-state index in [9.17, 15) is 19.7 Å². The summed E-state index contributed by atoms with van der Waals surface area (Å²) in [6, 6.07) is 0. The topological polar surface area (TPSA) is 175 Å². The summed E-state index contributed by atoms with van der Waals surface area (Å²) in [4.78, 5) is 21.1. The molecule has 1 aliphatic rings. The lowest BCUT2D eigenvalue weighted by atomic mass is 10.1. The predicted molar refractivity (Wildman–Crippen MR) is 82.2 cm³/mol. The average Bonchev–Trinajstić information content (AvgIpc) is 3.10. The van der Waals surface area contributed by atoms with Gasteiger partial charge in [-0.3, -0.25) is 13.4 Å². The highest BCUT2D eigenvalue weighted by atomic mass is 31.2. The Hall–Kier alpha value is -1.23. The van der Waals surface area contributed by atoms with E-state index in [1.54, 1.807) is 9.47 Å². The van der Waals surface area contributed by atoms with Gasteiger partial charge in [-0.25, -0.2) is 19.5 Å². The number of phosphoric acid groups is 1. The van der Waals surface area contributed by atoms with Crippen molar-refractivity contribution in [3.8, 4) is 0 Å². The number of anilines is 1. The van der Waals surface area contributed by atoms with Crippen molar-refractivity contribution in [2.24, 2.45) is 0 Å². The molecule has 0 amide bonds. The summed E-state index contributed by atoms with van der Waals surface area (Å²) < 4.78 is 27.0. The van der Waals surface area contributed by atoms with Crippen LogP contribution in [0.15, 0.2) is 12.7 Å². The minimum Gasteiger partial charge on any atom is -0.387 e. The number of aliphatic hydroxyl groups is 2. The monoisotopic (exact) mass is 379 g/mol. The number of fused-ring (bicyclic) bond motifs is 1. The van der Waals surface area contributed by atoms with Crippen LogP contribution in [0.25, 0.3) is 11.2 Å². The first-order chi connectivity index (χ1) is 11.3. The van der Waals surface area contributed by atoms with Gasteiger partial charge in [0.2, 0.25) is 0 Å². The third-order valence-corrected chi connectivity index (χ3v) is 5.07. The second-order valence-corrected chi connectivity index (χ2v) is 7.04. The Balaban J connectivity index is 1.82. The van der Waals surface area contributed by atoms with Crippen molar-refractivity contribution in [1.29, 1.82) is 0 Å². The number of nitrogens with zero attached hydrogens (tertiary/aromatic N) is 4. The van der Waals surface area contributed by atoms with Gasteiger partial charge in [-0.2, -0.15) is 0 Å². The molecule has 132 valence electrons. The molecule has 0 saturated carbocycles. The number of imidazole rings is 1. The van der Waals surface area contributed by atoms with Crippen LogP contribution in [-0.2, 0) is 18.1 Å². The van der Waals surface area contributed by atoms with Crippen molar-refractivity contribution in [3.63, 3.8) is 0 Å². The van der Waals surface area contributed by atoms with Crippen LogP contribution in [-0.4, -0.2) is 59.5 Å². The minimum absolute atomic E-state index is 0.158. The van der Waals surface area contributed by atoms with Crippen molar-refractivity contribution < 1.29 is 33.2 Å². The van der Waals surface area contributed by atoms with Crippen molar-refractivity contribution in [1.82, 2.24) is 19.5 Å². The van der Waals surface area contributed by atoms with Gasteiger partial charge in [0.15, 0.2) is 17.7 Å². The first kappa shape index (κ1) is 17.6. The molecule has 3 heterocycles. The Morgan fingerprint density at radius 1 is 1.38 bits per heavy atom. The van der Waals surface area contributed by atoms with E-state index in [1.807, 2.05) is 0 Å². The smallest absolute Gasteiger partial charge is 0.387 e. The maximum absolute atomic E-state index is 11.3. The molecule has 2 aromatic heterocycles. The van der Waals surface area contributed by atoms with E-state index in [2.05, 4.69) is 23.8 Å². The lowest BCUT2D eigenvalue weighted by Gasteiger charge is -2.16. The molecule has 24 heavy (non-hydrogen) atoms. The summed E-state index contributed by atoms with van der Waals surface area (Å²) in [6.45, 7) is -0.472. The SMILES string of the molecule is Nc1ncnc2c1ncn2[C@@H]1O[C@H](COP(=O)(O)OP)[C@@H](O)[C@H]1O. The molecule has 0 aromatic carbocycles. The van der Waals surface area contributed by atoms with E-state index in [1.165, 1.54) is 17.2 Å². The Labute approximate surface area is 137 Å². The first-order valence-electron chi connectivity index (χ1n) is 6.64. The van der Waals surface area contributed by atoms with E-state index in [0.29, 0.717) is 11.2 Å². The van der Waals surface area contributed by atoms with Gasteiger partial charge in [0, 0.05) is 9.47 Å². The summed E-state index contributed by atoms with van der Waals surface area (Å²) in [5.74, 6) is 0.158. The van der Waals surface area contributed by atoms with Crippen molar-refractivity contribution in [2.75, 3.05) is 12.3 Å². The van der Waals surface area contributed by atoms with Gasteiger partial charge in [0.1, 0.15) is 30.2 Å². The Morgan fingerprint density at radius 2 is 2.12 bits per heavy atom. The van der Waals surface area contributed by atoms with Gasteiger partial charge in [-0.05, 0) is 0 Å². The maximum atomic E-state index is 11.3. The number of nitrogens with two attached hydrogens (primary N) is 1. The number of aromatic nitrogens is 4. The molecule has 0 aliphatic carbocycles. The normalized spacial score (nSPS) is 29.8. The Morgan fingerprint density at radius 3 is 2.83 bits per heavy atom. The number of nitrogen functional groups attached to an aromatic ring is 1. The second kappa shape index (κ2) is 6.58. The lowest BCUT2D eigenvalue weighted by molar-refractivity contribution is -0.0499. The van der Waals surface area contributed by atoms with Crippen LogP contribution >= 0.6 is 17.3 Å². The minimum atomic E-state index is -4.26. The van der Waals surface area contributed by atoms with E-state index in [4.69, 9.17) is 10.5 Å². The highest BCUT2D eigenvalue weighted by Gasteiger charge is 2.45. The number of hydrogen-bond donors (Lipinski definition) is 4. The van der Waals surface area contributed by atoms with E-state index < -0.39 is 39.0 Å². The molecule has 1 saturated heterocycles. The molecule has 14 heteroatoms. The fourth-order valence-corrected chi connectivity index (χ4v) is 2.93. The van der Waals surface area contributed by atoms with Crippen LogP contribution in [0.4, 0.5) is 5.82 Å². The van der Waals surface area contributed by atoms with Crippen LogP contribution in [0, 0.1) is 0 Å². The average molecular weight is 379 g/mol. The molecule has 1 aliphatic heterocycles. The summed E-state index contributed by atoms with van der Waals surface area (Å²) in [7, 11) is -2.66. The van der Waals surface area contributed by atoms with E-state index >= 15 is 0 Å². The third kappa shape index (κ3) is 3.15. The fraction of sp³-hybridized carbons (Fsp3) is 0.500. The molecule has 2 aromatic rings. The number of ether oxygens (including phenoxy) is 1. The molecule has 0 radical (unpaired) electrons. The maximum Gasteiger partial charge on any atom is 0.474 e. The molecule has 3 rings (SSSR count). The van der Waals surface area contributed by atoms with Crippen LogP contribution in [0.5, 0.6) is 0 Å². The zero-order valence-corrected chi connectivity index (χ0v) is 14.1. The molecular formula is C10H15N5O7P2. The van der Waals surface area contributed by atoms with Crippen molar-refractivity contribution >= 4 is 34.3 Å². The summed E-state index contributed by atoms with van der Waals surface area (Å²) in [6.07, 6.45) is -2.25. The lowest BCUT2D eigenvalue weighted by Crippen LogP contribution is -2.33. The summed E-state index contributed by atoms with van der Waals surface area (Å²) in [5.41, 5.74) is 6.32. The molecule has 0 bridgehead atoms. The van der Waals surface area contributed by atoms with Gasteiger partial charge >= 0.3 is 7.82 Å². The molecule has 12 nitrogen and oxygen atoms in total. The van der Waals surface area contributed by atoms with Crippen molar-refractivity contribution in [3.05, 3.63) is 12.7 Å². The predicted octanol–water partition coefficient (Wildman–Crippen LogP) is -1.05. The molecular weight excluding hydrogens is 364 g/mol. The van der Waals surface area contributed by atoms with E-state index in [0.717, 1.165) is 0 Å². The van der Waals surface area contributed by atoms with Crippen LogP contribution in [0.3, 0.4) is 0 Å². The summed E-state index contributed by atoms with van der Waals surface area (Å²) in [5, 5.41) is 20.3. The number of hydrogen-bond acceptors (Lipinski definition) is 10. The Kier molecular flexibility index (Phi) is 4.82. The number of phosphoric ester groups is 1. The first-order valence-corrected chi connectivity index (χ1v) is 8.61. The fourth-order valence-electron chi connectivity index (χ4n) is 2.35. The zero-order valence-electron chi connectivity index (χ0n) is 12.0. The van der Waals surface area contributed by atoms with Gasteiger partial charge in [0.05, 0.1) is 12.9 Å². The molecule has 6 atom stereocenters. The van der Waals surface area contributed by atoms with E-state index in [-0.39, 0.29) is 5.82 Å². The number of aliphatic hydroxyl groups excluding tert-OH is 2. The van der Waals surface area contributed by atoms with Gasteiger partial charge in [0.25, 0.3) is 0 Å². The van der Waals surface area contributed by atoms with Crippen LogP contribution in [0.1, 0.15) is 6.23 Å². The highest BCUT2D eigenvalue weighted by Crippen LogP contribution is 2.46. The van der Waals surface area contributed by atoms with Gasteiger partial charge < -0.3 is 25.6 Å². The van der Waals surface area contributed by atoms with Crippen LogP contribution < -0.4 is 5.73 Å². The highest BCUT2D eigenvalue weighted by molar-refractivity contribution is 7.52. The molecule has 2 unspecified atom stereocenters. The van der Waals surface area contributed by atoms with Crippen molar-refractivity contribution in [2.45, 2.75) is 24.5 Å². The summed E-state index contributed by atoms with van der Waals surface area (Å²) >= 11 is 0. The number of rotatable bonds is 5. The Bertz CT molecular complexity index is 788. The van der Waals surface area contributed by atoms with Gasteiger partial charge in [-0.15, -0.1) is 0 Å². The zero-order chi connectivity index (χ0) is 17.5. The second-order valence-electron chi connectivity index (χ2n) is 5.00. The molecule has 5 N–H and O–H groups in total. The molecule has 0 spiro atoms. The standard InChI is InChI=1S/C10H15N5O7P2/c11-8-5-9(13-2-12-8)15(3-14-5)10-7(17)6(16)4(21-10)1-20-24(18,19)22-23/h2-4,6-7,10,16-17H,1,23H2,(H,18,19)(H2,11,12,13)/t4-,6-,7-,10-/m1/s1. The quantitative estimate of drug-likeness (QED) is 0.466. The largest absolute Gasteiger partial charge is 0.474 e. The van der Waals surface area contributed by atoms with Crippen LogP contribution in [0.2, 0.25) is 0 Å². The third-order valence-electron chi connectivity index (χ3n) is 3.53. The van der Waals surface area contributed by atoms with Gasteiger partial charge in [-0.1, -0.05) is 0 Å².